The average Bonchev–Trinajstić information content (AvgIpc) is 2.68. The van der Waals surface area contributed by atoms with Gasteiger partial charge in [0.25, 0.3) is 5.91 Å². The fourth-order valence-electron chi connectivity index (χ4n) is 1.47. The van der Waals surface area contributed by atoms with Gasteiger partial charge in [0.15, 0.2) is 5.13 Å². The molecule has 0 spiro atoms. The number of hydrogen-bond donors (Lipinski definition) is 3. The van der Waals surface area contributed by atoms with E-state index < -0.39 is 0 Å². The van der Waals surface area contributed by atoms with E-state index in [1.54, 1.807) is 0 Å². The summed E-state index contributed by atoms with van der Waals surface area (Å²) in [6, 6.07) is 0. The minimum atomic E-state index is -0.214. The largest absolute Gasteiger partial charge is 0.396 e. The van der Waals surface area contributed by atoms with Gasteiger partial charge >= 0.3 is 0 Å². The third-order valence-electron chi connectivity index (χ3n) is 2.75. The molecule has 0 saturated carbocycles. The van der Waals surface area contributed by atoms with Gasteiger partial charge in [-0.2, -0.15) is 0 Å². The van der Waals surface area contributed by atoms with E-state index in [1.807, 2.05) is 32.8 Å². The van der Waals surface area contributed by atoms with Gasteiger partial charge in [0, 0.05) is 27.2 Å². The normalized spacial score (nSPS) is 11.4. The molecule has 0 unspecified atom stereocenters. The van der Waals surface area contributed by atoms with Crippen molar-refractivity contribution in [1.82, 2.24) is 10.3 Å². The Bertz CT molecular complexity index is 443. The lowest BCUT2D eigenvalue weighted by Gasteiger charge is -2.23. The first-order chi connectivity index (χ1) is 8.76. The molecule has 1 rings (SSSR count). The van der Waals surface area contributed by atoms with E-state index in [0.29, 0.717) is 23.0 Å². The molecule has 1 aromatic rings. The molecule has 108 valence electrons. The Labute approximate surface area is 117 Å². The molecule has 0 aliphatic heterocycles. The van der Waals surface area contributed by atoms with E-state index in [2.05, 4.69) is 10.3 Å². The Hall–Kier alpha value is -1.34. The summed E-state index contributed by atoms with van der Waals surface area (Å²) in [7, 11) is 3.70. The summed E-state index contributed by atoms with van der Waals surface area (Å²) in [4.78, 5) is 18.4. The van der Waals surface area contributed by atoms with Crippen molar-refractivity contribution in [3.8, 4) is 0 Å². The number of aliphatic hydroxyl groups excluding tert-OH is 1. The molecule has 1 heterocycles. The predicted octanol–water partition coefficient (Wildman–Crippen LogP) is 0.930. The van der Waals surface area contributed by atoms with Crippen LogP contribution >= 0.6 is 11.3 Å². The number of aromatic nitrogens is 1. The number of carbonyl (C=O) groups excluding carboxylic acids is 1. The summed E-state index contributed by atoms with van der Waals surface area (Å²) >= 11 is 1.27. The van der Waals surface area contributed by atoms with Gasteiger partial charge < -0.3 is 21.1 Å². The highest BCUT2D eigenvalue weighted by Gasteiger charge is 2.21. The SMILES string of the molecule is CN(C)c1nc(N)c(C(=O)NCC(C)(C)CCO)s1. The molecule has 1 aromatic heterocycles. The molecule has 4 N–H and O–H groups in total. The van der Waals surface area contributed by atoms with Crippen molar-refractivity contribution < 1.29 is 9.90 Å². The molecule has 1 amide bonds. The smallest absolute Gasteiger partial charge is 0.265 e. The van der Waals surface area contributed by atoms with Crippen LogP contribution in [0.15, 0.2) is 0 Å². The van der Waals surface area contributed by atoms with E-state index in [-0.39, 0.29) is 23.7 Å². The summed E-state index contributed by atoms with van der Waals surface area (Å²) < 4.78 is 0. The first kappa shape index (κ1) is 15.7. The fraction of sp³-hybridized carbons (Fsp3) is 0.667. The number of thiazole rings is 1. The maximum atomic E-state index is 12.1. The summed E-state index contributed by atoms with van der Waals surface area (Å²) in [5.74, 6) is 0.0419. The van der Waals surface area contributed by atoms with Crippen LogP contribution in [0.1, 0.15) is 29.9 Å². The molecule has 19 heavy (non-hydrogen) atoms. The zero-order valence-electron chi connectivity index (χ0n) is 11.9. The third-order valence-corrected chi connectivity index (χ3v) is 3.98. The van der Waals surface area contributed by atoms with Crippen LogP contribution in [0, 0.1) is 5.41 Å². The third kappa shape index (κ3) is 4.36. The first-order valence-electron chi connectivity index (χ1n) is 6.09. The van der Waals surface area contributed by atoms with E-state index >= 15 is 0 Å². The second kappa shape index (κ2) is 6.21. The highest BCUT2D eigenvalue weighted by Crippen LogP contribution is 2.27. The Morgan fingerprint density at radius 3 is 2.63 bits per heavy atom. The number of nitrogens with zero attached hydrogens (tertiary/aromatic N) is 2. The van der Waals surface area contributed by atoms with Gasteiger partial charge in [-0.3, -0.25) is 4.79 Å². The van der Waals surface area contributed by atoms with Gasteiger partial charge in [0.1, 0.15) is 10.7 Å². The molecule has 0 radical (unpaired) electrons. The van der Waals surface area contributed by atoms with Crippen LogP contribution in [-0.2, 0) is 0 Å². The van der Waals surface area contributed by atoms with Crippen LogP contribution in [0.5, 0.6) is 0 Å². The number of rotatable bonds is 6. The van der Waals surface area contributed by atoms with Gasteiger partial charge in [-0.05, 0) is 11.8 Å². The molecule has 0 aliphatic carbocycles. The Morgan fingerprint density at radius 1 is 1.53 bits per heavy atom. The Balaban J connectivity index is 2.68. The highest BCUT2D eigenvalue weighted by molar-refractivity contribution is 7.18. The Kier molecular flexibility index (Phi) is 5.13. The summed E-state index contributed by atoms with van der Waals surface area (Å²) in [5, 5.41) is 12.5. The van der Waals surface area contributed by atoms with Gasteiger partial charge in [0.2, 0.25) is 0 Å². The molecule has 6 nitrogen and oxygen atoms in total. The quantitative estimate of drug-likeness (QED) is 0.723. The second-order valence-electron chi connectivity index (χ2n) is 5.43. The van der Waals surface area contributed by atoms with Crippen LogP contribution in [0.25, 0.3) is 0 Å². The number of aliphatic hydroxyl groups is 1. The van der Waals surface area contributed by atoms with Crippen molar-refractivity contribution in [1.29, 1.82) is 0 Å². The second-order valence-corrected chi connectivity index (χ2v) is 6.40. The van der Waals surface area contributed by atoms with Gasteiger partial charge in [-0.1, -0.05) is 25.2 Å². The number of nitrogens with two attached hydrogens (primary N) is 1. The average molecular weight is 286 g/mol. The molecule has 0 saturated heterocycles. The van der Waals surface area contributed by atoms with Crippen molar-refractivity contribution in [2.24, 2.45) is 5.41 Å². The lowest BCUT2D eigenvalue weighted by atomic mass is 9.90. The topological polar surface area (TPSA) is 91.5 Å². The van der Waals surface area contributed by atoms with Crippen molar-refractivity contribution in [2.45, 2.75) is 20.3 Å². The minimum Gasteiger partial charge on any atom is -0.396 e. The molecule has 0 bridgehead atoms. The Morgan fingerprint density at radius 2 is 2.16 bits per heavy atom. The van der Waals surface area contributed by atoms with Crippen molar-refractivity contribution in [3.05, 3.63) is 4.88 Å². The monoisotopic (exact) mass is 286 g/mol. The molecular formula is C12H22N4O2S. The van der Waals surface area contributed by atoms with Crippen LogP contribution in [0.4, 0.5) is 10.9 Å². The van der Waals surface area contributed by atoms with Crippen LogP contribution in [0.2, 0.25) is 0 Å². The molecule has 0 aliphatic rings. The lowest BCUT2D eigenvalue weighted by Crippen LogP contribution is -2.34. The van der Waals surface area contributed by atoms with Crippen LogP contribution < -0.4 is 16.0 Å². The molecule has 0 atom stereocenters. The van der Waals surface area contributed by atoms with Crippen LogP contribution in [0.3, 0.4) is 0 Å². The standard InChI is InChI=1S/C12H22N4O2S/c1-12(2,5-6-17)7-14-10(18)8-9(13)15-11(19-8)16(3)4/h17H,5-7,13H2,1-4H3,(H,14,18). The van der Waals surface area contributed by atoms with E-state index in [1.165, 1.54) is 11.3 Å². The number of nitrogen functional groups attached to an aromatic ring is 1. The van der Waals surface area contributed by atoms with E-state index in [9.17, 15) is 4.79 Å². The molecule has 0 fully saturated rings. The first-order valence-corrected chi connectivity index (χ1v) is 6.91. The number of amides is 1. The lowest BCUT2D eigenvalue weighted by molar-refractivity contribution is 0.0933. The van der Waals surface area contributed by atoms with Gasteiger partial charge in [0.05, 0.1) is 0 Å². The highest BCUT2D eigenvalue weighted by atomic mass is 32.1. The van der Waals surface area contributed by atoms with E-state index in [0.717, 1.165) is 0 Å². The maximum absolute atomic E-state index is 12.1. The maximum Gasteiger partial charge on any atom is 0.265 e. The summed E-state index contributed by atoms with van der Waals surface area (Å²) in [6.07, 6.45) is 0.633. The fourth-order valence-corrected chi connectivity index (χ4v) is 2.29. The zero-order valence-corrected chi connectivity index (χ0v) is 12.7. The molecule has 7 heteroatoms. The van der Waals surface area contributed by atoms with Gasteiger partial charge in [-0.15, -0.1) is 0 Å². The minimum absolute atomic E-state index is 0.107. The number of anilines is 2. The van der Waals surface area contributed by atoms with Crippen molar-refractivity contribution in [2.75, 3.05) is 37.9 Å². The predicted molar refractivity (Wildman–Crippen MR) is 78.7 cm³/mol. The van der Waals surface area contributed by atoms with Crippen LogP contribution in [-0.4, -0.2) is 43.2 Å². The number of carbonyl (C=O) groups is 1. The summed E-state index contributed by atoms with van der Waals surface area (Å²) in [6.45, 7) is 4.58. The zero-order chi connectivity index (χ0) is 14.6. The van der Waals surface area contributed by atoms with Gasteiger partial charge in [-0.25, -0.2) is 4.98 Å². The van der Waals surface area contributed by atoms with Crippen molar-refractivity contribution >= 4 is 28.2 Å². The number of hydrogen-bond acceptors (Lipinski definition) is 6. The number of nitrogens with one attached hydrogen (secondary N) is 1. The van der Waals surface area contributed by atoms with Crippen molar-refractivity contribution in [3.63, 3.8) is 0 Å². The molecule has 0 aromatic carbocycles. The van der Waals surface area contributed by atoms with E-state index in [4.69, 9.17) is 10.8 Å². The summed E-state index contributed by atoms with van der Waals surface area (Å²) in [5.41, 5.74) is 5.61. The molecular weight excluding hydrogens is 264 g/mol.